The first-order valence-corrected chi connectivity index (χ1v) is 45.9. The lowest BCUT2D eigenvalue weighted by Gasteiger charge is -2.21. The van der Waals surface area contributed by atoms with E-state index in [2.05, 4.69) is 48.5 Å². The lowest BCUT2D eigenvalue weighted by atomic mass is 9.99. The number of unbranched alkanes of at least 4 members (excludes halogenated alkanes) is 48. The van der Waals surface area contributed by atoms with Crippen molar-refractivity contribution in [3.05, 3.63) is 0 Å². The van der Waals surface area contributed by atoms with Crippen molar-refractivity contribution in [2.45, 2.75) is 452 Å². The molecule has 0 radical (unpaired) electrons. The van der Waals surface area contributed by atoms with Crippen molar-refractivity contribution >= 4 is 39.5 Å². The van der Waals surface area contributed by atoms with Crippen LogP contribution in [0.5, 0.6) is 0 Å². The SMILES string of the molecule is CCCCCCCCCCCCCCCCCCCCCC(=O)O[C@H](COC(=O)CCCCCCCCCCCCCCCCC(C)C)COP(=O)(O)OC[C@@H](O)COP(=O)(O)OC[C@@H](COC(=O)CCCCCCCCCCC(C)CC)OC(=O)CCCCCCCCCCCCCC(C)C. The zero-order valence-electron chi connectivity index (χ0n) is 67.1. The first-order valence-electron chi connectivity index (χ1n) is 42.9. The van der Waals surface area contributed by atoms with E-state index in [9.17, 15) is 43.2 Å². The van der Waals surface area contributed by atoms with Crippen molar-refractivity contribution in [1.29, 1.82) is 0 Å². The molecule has 0 aliphatic rings. The van der Waals surface area contributed by atoms with Gasteiger partial charge in [0.25, 0.3) is 0 Å². The van der Waals surface area contributed by atoms with Gasteiger partial charge in [-0.1, -0.05) is 382 Å². The fraction of sp³-hybridized carbons (Fsp3) is 0.952. The minimum atomic E-state index is -4.96. The van der Waals surface area contributed by atoms with Crippen LogP contribution in [0.3, 0.4) is 0 Å². The van der Waals surface area contributed by atoms with Gasteiger partial charge in [0.1, 0.15) is 19.3 Å². The first-order chi connectivity index (χ1) is 49.3. The fourth-order valence-electron chi connectivity index (χ4n) is 12.8. The van der Waals surface area contributed by atoms with Crippen molar-refractivity contribution < 1.29 is 80.2 Å². The average Bonchev–Trinajstić information content (AvgIpc) is 0.926. The summed E-state index contributed by atoms with van der Waals surface area (Å²) >= 11 is 0. The molecule has 0 aromatic carbocycles. The van der Waals surface area contributed by atoms with Crippen molar-refractivity contribution in [3.63, 3.8) is 0 Å². The Balaban J connectivity index is 5.26. The molecule has 0 aliphatic heterocycles. The van der Waals surface area contributed by atoms with E-state index in [1.807, 2.05) is 0 Å². The largest absolute Gasteiger partial charge is 0.472 e. The number of esters is 4. The molecule has 3 unspecified atom stereocenters. The Kier molecular flexibility index (Phi) is 71.8. The van der Waals surface area contributed by atoms with Gasteiger partial charge in [-0.05, 0) is 43.4 Å². The van der Waals surface area contributed by atoms with E-state index >= 15 is 0 Å². The zero-order chi connectivity index (χ0) is 75.1. The highest BCUT2D eigenvalue weighted by Crippen LogP contribution is 2.45. The molecule has 19 heteroatoms. The van der Waals surface area contributed by atoms with Crippen molar-refractivity contribution in [2.75, 3.05) is 39.6 Å². The fourth-order valence-corrected chi connectivity index (χ4v) is 14.4. The van der Waals surface area contributed by atoms with Crippen LogP contribution in [0.15, 0.2) is 0 Å². The monoisotopic (exact) mass is 1490 g/mol. The van der Waals surface area contributed by atoms with Gasteiger partial charge >= 0.3 is 39.5 Å². The van der Waals surface area contributed by atoms with Crippen molar-refractivity contribution in [3.8, 4) is 0 Å². The Bertz CT molecular complexity index is 1980. The second-order valence-electron chi connectivity index (χ2n) is 31.1. The van der Waals surface area contributed by atoms with E-state index in [0.717, 1.165) is 108 Å². The molecule has 0 spiro atoms. The molecule has 0 aliphatic carbocycles. The lowest BCUT2D eigenvalue weighted by Crippen LogP contribution is -2.30. The van der Waals surface area contributed by atoms with Crippen LogP contribution >= 0.6 is 15.6 Å². The number of carbonyl (C=O) groups is 4. The summed E-state index contributed by atoms with van der Waals surface area (Å²) in [5.74, 6) is 0.234. The number of rotatable bonds is 81. The molecule has 17 nitrogen and oxygen atoms in total. The molecule has 0 amide bonds. The summed E-state index contributed by atoms with van der Waals surface area (Å²) < 4.78 is 68.8. The van der Waals surface area contributed by atoms with E-state index < -0.39 is 97.5 Å². The minimum absolute atomic E-state index is 0.106. The molecule has 0 saturated heterocycles. The number of hydrogen-bond donors (Lipinski definition) is 3. The van der Waals surface area contributed by atoms with Gasteiger partial charge in [-0.2, -0.15) is 0 Å². The van der Waals surface area contributed by atoms with Crippen molar-refractivity contribution in [2.24, 2.45) is 17.8 Å². The van der Waals surface area contributed by atoms with Crippen LogP contribution in [0.25, 0.3) is 0 Å². The molecule has 0 saturated carbocycles. The maximum absolute atomic E-state index is 13.1. The molecule has 0 aromatic heterocycles. The molecule has 102 heavy (non-hydrogen) atoms. The Morgan fingerprint density at radius 3 is 0.745 bits per heavy atom. The summed E-state index contributed by atoms with van der Waals surface area (Å²) in [4.78, 5) is 73.1. The number of hydrogen-bond acceptors (Lipinski definition) is 15. The third kappa shape index (κ3) is 74.9. The topological polar surface area (TPSA) is 237 Å². The maximum atomic E-state index is 13.1. The van der Waals surface area contributed by atoms with E-state index in [1.165, 1.54) is 244 Å². The standard InChI is InChI=1S/C83H162O17P2/c1-8-10-11-12-13-14-15-16-17-18-19-20-21-26-31-36-45-52-59-66-82(87)99-78(70-93-80(85)64-57-50-43-35-30-25-23-22-24-28-33-40-47-54-61-74(3)4)72-97-101(89,90)95-68-77(84)69-96-102(91,92)98-73-79(71-94-81(86)65-58-51-44-39-38-42-49-56-63-76(7)9-2)100-83(88)67-60-53-46-37-32-27-29-34-41-48-55-62-75(5)6/h74-79,84H,8-73H2,1-7H3,(H,89,90)(H,91,92)/t76?,77-,78-,79-/m1/s1. The van der Waals surface area contributed by atoms with Crippen LogP contribution in [0.1, 0.15) is 434 Å². The van der Waals surface area contributed by atoms with Gasteiger partial charge in [0.05, 0.1) is 26.4 Å². The van der Waals surface area contributed by atoms with Gasteiger partial charge < -0.3 is 33.8 Å². The summed E-state index contributed by atoms with van der Waals surface area (Å²) in [5, 5.41) is 10.7. The summed E-state index contributed by atoms with van der Waals surface area (Å²) in [6.07, 6.45) is 62.4. The van der Waals surface area contributed by atoms with E-state index in [1.54, 1.807) is 0 Å². The highest BCUT2D eigenvalue weighted by atomic mass is 31.2. The molecule has 0 fully saturated rings. The third-order valence-electron chi connectivity index (χ3n) is 19.7. The Hall–Kier alpha value is -1.94. The summed E-state index contributed by atoms with van der Waals surface area (Å²) in [6, 6.07) is 0. The van der Waals surface area contributed by atoms with Crippen LogP contribution in [0.4, 0.5) is 0 Å². The van der Waals surface area contributed by atoms with Gasteiger partial charge in [0.15, 0.2) is 12.2 Å². The molecule has 0 heterocycles. The predicted octanol–water partition coefficient (Wildman–Crippen LogP) is 24.9. The molecule has 0 aromatic rings. The molecular formula is C83H162O17P2. The molecular weight excluding hydrogens is 1330 g/mol. The Morgan fingerprint density at radius 1 is 0.284 bits per heavy atom. The van der Waals surface area contributed by atoms with Gasteiger partial charge in [0, 0.05) is 25.7 Å². The maximum Gasteiger partial charge on any atom is 0.472 e. The number of carbonyl (C=O) groups excluding carboxylic acids is 4. The van der Waals surface area contributed by atoms with Crippen LogP contribution in [0.2, 0.25) is 0 Å². The number of aliphatic hydroxyl groups is 1. The van der Waals surface area contributed by atoms with Crippen LogP contribution in [-0.4, -0.2) is 96.7 Å². The highest BCUT2D eigenvalue weighted by Gasteiger charge is 2.30. The van der Waals surface area contributed by atoms with E-state index in [4.69, 9.17) is 37.0 Å². The lowest BCUT2D eigenvalue weighted by molar-refractivity contribution is -0.161. The molecule has 0 bridgehead atoms. The number of aliphatic hydroxyl groups excluding tert-OH is 1. The Morgan fingerprint density at radius 2 is 0.500 bits per heavy atom. The smallest absolute Gasteiger partial charge is 0.462 e. The predicted molar refractivity (Wildman–Crippen MR) is 418 cm³/mol. The van der Waals surface area contributed by atoms with Gasteiger partial charge in [-0.25, -0.2) is 9.13 Å². The van der Waals surface area contributed by atoms with Gasteiger partial charge in [-0.15, -0.1) is 0 Å². The Labute approximate surface area is 626 Å². The normalized spacial score (nSPS) is 14.2. The van der Waals surface area contributed by atoms with Crippen LogP contribution in [-0.2, 0) is 65.4 Å². The average molecular weight is 1490 g/mol. The van der Waals surface area contributed by atoms with Gasteiger partial charge in [0.2, 0.25) is 0 Å². The van der Waals surface area contributed by atoms with Crippen LogP contribution < -0.4 is 0 Å². The van der Waals surface area contributed by atoms with E-state index in [0.29, 0.717) is 25.7 Å². The number of phosphoric ester groups is 2. The molecule has 3 N–H and O–H groups in total. The third-order valence-corrected chi connectivity index (χ3v) is 21.6. The summed E-state index contributed by atoms with van der Waals surface area (Å²) in [6.45, 7) is 12.0. The number of ether oxygens (including phenoxy) is 4. The zero-order valence-corrected chi connectivity index (χ0v) is 68.9. The second-order valence-corrected chi connectivity index (χ2v) is 34.0. The summed E-state index contributed by atoms with van der Waals surface area (Å²) in [5.41, 5.74) is 0. The van der Waals surface area contributed by atoms with Crippen molar-refractivity contribution in [1.82, 2.24) is 0 Å². The minimum Gasteiger partial charge on any atom is -0.462 e. The van der Waals surface area contributed by atoms with Gasteiger partial charge in [-0.3, -0.25) is 37.3 Å². The summed E-state index contributed by atoms with van der Waals surface area (Å²) in [7, 11) is -9.93. The second kappa shape index (κ2) is 73.2. The van der Waals surface area contributed by atoms with Crippen LogP contribution in [0, 0.1) is 17.8 Å². The highest BCUT2D eigenvalue weighted by molar-refractivity contribution is 7.47. The number of phosphoric acid groups is 2. The quantitative estimate of drug-likeness (QED) is 0.0222. The molecule has 6 atom stereocenters. The molecule has 606 valence electrons. The molecule has 0 rings (SSSR count). The van der Waals surface area contributed by atoms with E-state index in [-0.39, 0.29) is 25.7 Å². The first kappa shape index (κ1) is 100.